The van der Waals surface area contributed by atoms with Crippen LogP contribution >= 0.6 is 22.6 Å². The molecule has 0 radical (unpaired) electrons. The maximum Gasteiger partial charge on any atom is 0.187 e. The summed E-state index contributed by atoms with van der Waals surface area (Å²) < 4.78 is 0.555. The van der Waals surface area contributed by atoms with Gasteiger partial charge in [-0.05, 0) is 22.6 Å². The van der Waals surface area contributed by atoms with Crippen LogP contribution in [0.1, 0.15) is 11.8 Å². The zero-order valence-corrected chi connectivity index (χ0v) is 7.85. The summed E-state index contributed by atoms with van der Waals surface area (Å²) in [5, 5.41) is 25.1. The first-order valence-corrected chi connectivity index (χ1v) is 3.87. The zero-order valence-electron chi connectivity index (χ0n) is 5.69. The molecule has 1 atom stereocenters. The van der Waals surface area contributed by atoms with E-state index in [2.05, 4.69) is 10.2 Å². The summed E-state index contributed by atoms with van der Waals surface area (Å²) in [4.78, 5) is 1.32. The van der Waals surface area contributed by atoms with Gasteiger partial charge < -0.3 is 5.11 Å². The number of aryl methyl sites for hydroxylation is 1. The maximum absolute atomic E-state index is 9.04. The monoisotopic (exact) mass is 264 g/mol. The lowest BCUT2D eigenvalue weighted by molar-refractivity contribution is 0.229. The maximum atomic E-state index is 9.04. The van der Waals surface area contributed by atoms with Gasteiger partial charge in [0.2, 0.25) is 0 Å². The fraction of sp³-hybridized carbons (Fsp3) is 0.400. The van der Waals surface area contributed by atoms with Crippen molar-refractivity contribution < 1.29 is 5.11 Å². The SMILES string of the molecule is Cn1nc(I)c(C(O)C#N)n1. The molecule has 0 aliphatic carbocycles. The van der Waals surface area contributed by atoms with Crippen molar-refractivity contribution in [3.63, 3.8) is 0 Å². The Labute approximate surface area is 76.8 Å². The molecule has 6 heteroatoms. The van der Waals surface area contributed by atoms with E-state index in [0.29, 0.717) is 9.39 Å². The number of nitriles is 1. The molecular weight excluding hydrogens is 259 g/mol. The first-order chi connectivity index (χ1) is 5.15. The van der Waals surface area contributed by atoms with Gasteiger partial charge in [-0.25, -0.2) is 0 Å². The summed E-state index contributed by atoms with van der Waals surface area (Å²) in [5.41, 5.74) is 0.315. The van der Waals surface area contributed by atoms with Gasteiger partial charge in [0.05, 0.1) is 0 Å². The number of rotatable bonds is 1. The Morgan fingerprint density at radius 1 is 1.73 bits per heavy atom. The van der Waals surface area contributed by atoms with E-state index < -0.39 is 6.10 Å². The standard InChI is InChI=1S/C5H5IN4O/c1-10-8-4(3(11)2-7)5(6)9-10/h3,11H,1H3. The van der Waals surface area contributed by atoms with Crippen LogP contribution in [0.5, 0.6) is 0 Å². The molecule has 1 aromatic rings. The van der Waals surface area contributed by atoms with Gasteiger partial charge in [-0.1, -0.05) is 0 Å². The molecule has 0 spiro atoms. The highest BCUT2D eigenvalue weighted by Gasteiger charge is 2.14. The highest BCUT2D eigenvalue weighted by Crippen LogP contribution is 2.13. The molecule has 58 valence electrons. The molecule has 1 N–H and O–H groups in total. The van der Waals surface area contributed by atoms with Gasteiger partial charge in [0.15, 0.2) is 9.80 Å². The van der Waals surface area contributed by atoms with E-state index >= 15 is 0 Å². The van der Waals surface area contributed by atoms with Crippen molar-refractivity contribution in [3.05, 3.63) is 9.39 Å². The Bertz CT molecular complexity index is 302. The van der Waals surface area contributed by atoms with Crippen LogP contribution in [0, 0.1) is 15.0 Å². The third-order valence-electron chi connectivity index (χ3n) is 1.08. The van der Waals surface area contributed by atoms with E-state index in [4.69, 9.17) is 10.4 Å². The van der Waals surface area contributed by atoms with Gasteiger partial charge in [0, 0.05) is 7.05 Å². The minimum absolute atomic E-state index is 0.315. The van der Waals surface area contributed by atoms with Crippen LogP contribution in [0.2, 0.25) is 0 Å². The van der Waals surface area contributed by atoms with Crippen LogP contribution in [0.4, 0.5) is 0 Å². The second-order valence-corrected chi connectivity index (χ2v) is 2.92. The Morgan fingerprint density at radius 3 is 2.73 bits per heavy atom. The number of nitrogens with zero attached hydrogens (tertiary/aromatic N) is 4. The van der Waals surface area contributed by atoms with E-state index in [1.54, 1.807) is 13.1 Å². The molecule has 11 heavy (non-hydrogen) atoms. The van der Waals surface area contributed by atoms with Crippen LogP contribution in [0.15, 0.2) is 0 Å². The number of halogens is 1. The van der Waals surface area contributed by atoms with E-state index in [9.17, 15) is 0 Å². The molecule has 0 fully saturated rings. The Balaban J connectivity index is 3.05. The van der Waals surface area contributed by atoms with Crippen molar-refractivity contribution in [1.82, 2.24) is 15.0 Å². The normalized spacial score (nSPS) is 12.5. The quantitative estimate of drug-likeness (QED) is 0.571. The first-order valence-electron chi connectivity index (χ1n) is 2.79. The molecular formula is C5H5IN4O. The largest absolute Gasteiger partial charge is 0.372 e. The molecule has 0 aliphatic heterocycles. The molecule has 0 aliphatic rings. The molecule has 0 saturated carbocycles. The molecule has 1 heterocycles. The number of aliphatic hydroxyl groups excluding tert-OH is 1. The van der Waals surface area contributed by atoms with Crippen molar-refractivity contribution in [2.45, 2.75) is 6.10 Å². The predicted octanol–water partition coefficient (Wildman–Crippen LogP) is -0.0233. The van der Waals surface area contributed by atoms with Crippen LogP contribution < -0.4 is 0 Å². The highest BCUT2D eigenvalue weighted by atomic mass is 127. The molecule has 5 nitrogen and oxygen atoms in total. The number of hydrogen-bond donors (Lipinski definition) is 1. The summed E-state index contributed by atoms with van der Waals surface area (Å²) in [7, 11) is 1.63. The van der Waals surface area contributed by atoms with Crippen molar-refractivity contribution in [2.24, 2.45) is 7.05 Å². The predicted molar refractivity (Wildman–Crippen MR) is 44.3 cm³/mol. The minimum Gasteiger partial charge on any atom is -0.372 e. The van der Waals surface area contributed by atoms with Gasteiger partial charge in [-0.3, -0.25) is 0 Å². The minimum atomic E-state index is -1.17. The van der Waals surface area contributed by atoms with Gasteiger partial charge >= 0.3 is 0 Å². The lowest BCUT2D eigenvalue weighted by Crippen LogP contribution is -1.97. The number of aromatic nitrogens is 3. The summed E-state index contributed by atoms with van der Waals surface area (Å²) in [5.74, 6) is 0. The summed E-state index contributed by atoms with van der Waals surface area (Å²) in [6.07, 6.45) is -1.17. The number of hydrogen-bond acceptors (Lipinski definition) is 4. The third-order valence-corrected chi connectivity index (χ3v) is 1.85. The Hall–Kier alpha value is -0.680. The average Bonchev–Trinajstić information content (AvgIpc) is 2.28. The van der Waals surface area contributed by atoms with Gasteiger partial charge in [0.25, 0.3) is 0 Å². The highest BCUT2D eigenvalue weighted by molar-refractivity contribution is 14.1. The van der Waals surface area contributed by atoms with E-state index in [0.717, 1.165) is 0 Å². The van der Waals surface area contributed by atoms with Gasteiger partial charge in [-0.2, -0.15) is 15.2 Å². The molecule has 0 aromatic carbocycles. The second kappa shape index (κ2) is 3.15. The zero-order chi connectivity index (χ0) is 8.43. The summed E-state index contributed by atoms with van der Waals surface area (Å²) in [6.45, 7) is 0. The van der Waals surface area contributed by atoms with Gasteiger partial charge in [-0.15, -0.1) is 5.10 Å². The van der Waals surface area contributed by atoms with Crippen LogP contribution in [0.25, 0.3) is 0 Å². The van der Waals surface area contributed by atoms with Crippen molar-refractivity contribution in [3.8, 4) is 6.07 Å². The van der Waals surface area contributed by atoms with E-state index in [-0.39, 0.29) is 0 Å². The van der Waals surface area contributed by atoms with E-state index in [1.807, 2.05) is 22.6 Å². The summed E-state index contributed by atoms with van der Waals surface area (Å²) in [6, 6.07) is 1.67. The lowest BCUT2D eigenvalue weighted by atomic mass is 10.3. The molecule has 0 saturated heterocycles. The summed E-state index contributed by atoms with van der Waals surface area (Å²) >= 11 is 1.91. The molecule has 1 rings (SSSR count). The molecule has 1 aromatic heterocycles. The fourth-order valence-electron chi connectivity index (χ4n) is 0.626. The smallest absolute Gasteiger partial charge is 0.187 e. The van der Waals surface area contributed by atoms with Crippen molar-refractivity contribution >= 4 is 22.6 Å². The van der Waals surface area contributed by atoms with E-state index in [1.165, 1.54) is 4.80 Å². The lowest BCUT2D eigenvalue weighted by Gasteiger charge is -1.92. The molecule has 1 unspecified atom stereocenters. The molecule has 0 bridgehead atoms. The molecule has 0 amide bonds. The Kier molecular flexibility index (Phi) is 2.41. The van der Waals surface area contributed by atoms with Crippen LogP contribution in [-0.2, 0) is 7.05 Å². The topological polar surface area (TPSA) is 74.7 Å². The first kappa shape index (κ1) is 8.42. The fourth-order valence-corrected chi connectivity index (χ4v) is 1.34. The Morgan fingerprint density at radius 2 is 2.36 bits per heavy atom. The third kappa shape index (κ3) is 1.66. The second-order valence-electron chi connectivity index (χ2n) is 1.90. The van der Waals surface area contributed by atoms with Gasteiger partial charge in [0.1, 0.15) is 11.8 Å². The van der Waals surface area contributed by atoms with Crippen molar-refractivity contribution in [2.75, 3.05) is 0 Å². The average molecular weight is 264 g/mol. The van der Waals surface area contributed by atoms with Crippen LogP contribution in [-0.4, -0.2) is 20.1 Å². The van der Waals surface area contributed by atoms with Crippen molar-refractivity contribution in [1.29, 1.82) is 5.26 Å². The number of aliphatic hydroxyl groups is 1. The van der Waals surface area contributed by atoms with Crippen LogP contribution in [0.3, 0.4) is 0 Å².